The molecule has 0 amide bonds. The molecule has 1 atom stereocenters. The number of Topliss-reactive ketones (excluding diaryl/α,β-unsaturated/α-hetero) is 1. The van der Waals surface area contributed by atoms with Crippen LogP contribution in [0.5, 0.6) is 11.5 Å². The summed E-state index contributed by atoms with van der Waals surface area (Å²) in [6.45, 7) is 0.0968. The van der Waals surface area contributed by atoms with Gasteiger partial charge < -0.3 is 14.6 Å². The van der Waals surface area contributed by atoms with Crippen molar-refractivity contribution in [2.45, 2.75) is 11.7 Å². The van der Waals surface area contributed by atoms with Crippen LogP contribution in [0.2, 0.25) is 5.02 Å². The predicted molar refractivity (Wildman–Crippen MR) is 93.7 cm³/mol. The summed E-state index contributed by atoms with van der Waals surface area (Å²) in [5, 5.41) is 10.9. The number of fused-ring (bicyclic) bond motifs is 1. The van der Waals surface area contributed by atoms with Crippen LogP contribution in [0.3, 0.4) is 0 Å². The molecule has 1 aromatic carbocycles. The first-order valence-corrected chi connectivity index (χ1v) is 9.34. The summed E-state index contributed by atoms with van der Waals surface area (Å²) in [5.74, 6) is -0.0647. The quantitative estimate of drug-likeness (QED) is 0.719. The highest BCUT2D eigenvalue weighted by Crippen LogP contribution is 2.44. The Labute approximate surface area is 151 Å². The summed E-state index contributed by atoms with van der Waals surface area (Å²) in [7, 11) is 0. The summed E-state index contributed by atoms with van der Waals surface area (Å²) in [5.41, 5.74) is 0.750. The van der Waals surface area contributed by atoms with Gasteiger partial charge in [0.15, 0.2) is 17.3 Å². The van der Waals surface area contributed by atoms with E-state index in [-0.39, 0.29) is 30.0 Å². The van der Waals surface area contributed by atoms with E-state index >= 15 is 0 Å². The molecule has 1 N–H and O–H groups in total. The van der Waals surface area contributed by atoms with E-state index in [9.17, 15) is 9.59 Å². The van der Waals surface area contributed by atoms with Gasteiger partial charge in [0.1, 0.15) is 0 Å². The fraction of sp³-hybridized carbons (Fsp3) is 0.250. The first-order chi connectivity index (χ1) is 11.5. The van der Waals surface area contributed by atoms with Gasteiger partial charge in [-0.2, -0.15) is 0 Å². The van der Waals surface area contributed by atoms with Crippen molar-refractivity contribution in [1.29, 1.82) is 0 Å². The molecule has 0 spiro atoms. The highest BCUT2D eigenvalue weighted by atomic mass is 35.5. The van der Waals surface area contributed by atoms with E-state index < -0.39 is 5.97 Å². The molecule has 1 aliphatic rings. The van der Waals surface area contributed by atoms with E-state index in [4.69, 9.17) is 26.2 Å². The molecule has 5 nitrogen and oxygen atoms in total. The summed E-state index contributed by atoms with van der Waals surface area (Å²) in [6, 6.07) is 7.04. The van der Waals surface area contributed by atoms with Crippen LogP contribution in [0.4, 0.5) is 0 Å². The summed E-state index contributed by atoms with van der Waals surface area (Å²) >= 11 is 8.77. The molecule has 1 aromatic heterocycles. The van der Waals surface area contributed by atoms with Crippen molar-refractivity contribution in [3.8, 4) is 11.5 Å². The van der Waals surface area contributed by atoms with Crippen LogP contribution in [0.1, 0.15) is 26.9 Å². The Hall–Kier alpha value is -1.70. The van der Waals surface area contributed by atoms with Crippen molar-refractivity contribution >= 4 is 46.5 Å². The minimum atomic E-state index is -0.930. The second-order valence-corrected chi connectivity index (χ2v) is 7.58. The van der Waals surface area contributed by atoms with Crippen LogP contribution in [-0.4, -0.2) is 29.4 Å². The number of thiophene rings is 1. The molecule has 0 bridgehead atoms. The van der Waals surface area contributed by atoms with Crippen molar-refractivity contribution in [2.24, 2.45) is 0 Å². The third-order valence-electron chi connectivity index (χ3n) is 3.40. The smallest absolute Gasteiger partial charge is 0.313 e. The lowest BCUT2D eigenvalue weighted by molar-refractivity contribution is -0.133. The Morgan fingerprint density at radius 1 is 1.38 bits per heavy atom. The molecule has 0 aliphatic carbocycles. The Morgan fingerprint density at radius 2 is 2.21 bits per heavy atom. The van der Waals surface area contributed by atoms with Crippen LogP contribution in [0, 0.1) is 0 Å². The molecule has 0 saturated heterocycles. The monoisotopic (exact) mass is 384 g/mol. The summed E-state index contributed by atoms with van der Waals surface area (Å²) in [6.07, 6.45) is 0.189. The number of carbonyl (C=O) groups excluding carboxylic acids is 1. The zero-order valence-electron chi connectivity index (χ0n) is 12.4. The van der Waals surface area contributed by atoms with Gasteiger partial charge in [-0.15, -0.1) is 23.1 Å². The summed E-state index contributed by atoms with van der Waals surface area (Å²) < 4.78 is 10.6. The molecule has 24 heavy (non-hydrogen) atoms. The van der Waals surface area contributed by atoms with Crippen molar-refractivity contribution < 1.29 is 24.2 Å². The van der Waals surface area contributed by atoms with E-state index in [0.29, 0.717) is 21.4 Å². The van der Waals surface area contributed by atoms with Gasteiger partial charge in [-0.1, -0.05) is 17.7 Å². The van der Waals surface area contributed by atoms with Gasteiger partial charge >= 0.3 is 5.97 Å². The topological polar surface area (TPSA) is 72.8 Å². The molecule has 0 radical (unpaired) electrons. The van der Waals surface area contributed by atoms with E-state index in [1.54, 1.807) is 18.2 Å². The maximum absolute atomic E-state index is 12.4. The number of carboxylic acid groups (broad SMARTS) is 1. The Kier molecular flexibility index (Phi) is 5.33. The molecule has 0 fully saturated rings. The van der Waals surface area contributed by atoms with Crippen LogP contribution in [0.25, 0.3) is 0 Å². The van der Waals surface area contributed by atoms with E-state index in [1.165, 1.54) is 23.1 Å². The number of hydrogen-bond donors (Lipinski definition) is 1. The number of ether oxygens (including phenoxy) is 2. The lowest BCUT2D eigenvalue weighted by Gasteiger charge is -2.16. The number of aliphatic carboxylic acids is 1. The largest absolute Gasteiger partial charge is 0.481 e. The van der Waals surface area contributed by atoms with E-state index in [0.717, 1.165) is 5.56 Å². The third-order valence-corrected chi connectivity index (χ3v) is 5.84. The molecular weight excluding hydrogens is 372 g/mol. The van der Waals surface area contributed by atoms with Gasteiger partial charge in [0, 0.05) is 11.7 Å². The number of benzene rings is 1. The minimum Gasteiger partial charge on any atom is -0.481 e. The van der Waals surface area contributed by atoms with Crippen molar-refractivity contribution in [3.05, 3.63) is 45.1 Å². The van der Waals surface area contributed by atoms with Crippen molar-refractivity contribution in [3.63, 3.8) is 0 Å². The average Bonchev–Trinajstić information content (AvgIpc) is 3.21. The fourth-order valence-electron chi connectivity index (χ4n) is 2.32. The molecule has 2 aromatic rings. The van der Waals surface area contributed by atoms with E-state index in [1.807, 2.05) is 11.4 Å². The first kappa shape index (κ1) is 17.1. The van der Waals surface area contributed by atoms with Crippen molar-refractivity contribution in [2.75, 3.05) is 12.5 Å². The van der Waals surface area contributed by atoms with Gasteiger partial charge in [0.2, 0.25) is 6.79 Å². The number of carbonyl (C=O) groups is 2. The van der Waals surface area contributed by atoms with E-state index in [2.05, 4.69) is 0 Å². The van der Waals surface area contributed by atoms with Gasteiger partial charge in [0.25, 0.3) is 0 Å². The highest BCUT2D eigenvalue weighted by molar-refractivity contribution is 8.00. The number of ketones is 1. The number of hydrogen-bond acceptors (Lipinski definition) is 6. The fourth-order valence-corrected chi connectivity index (χ4v) is 4.22. The lowest BCUT2D eigenvalue weighted by Crippen LogP contribution is -2.08. The SMILES string of the molecule is O=C(O)CS[C@H](CC(=O)c1cccs1)c1cc(Cl)c2c(c1)OCO2. The highest BCUT2D eigenvalue weighted by Gasteiger charge is 2.24. The molecule has 2 heterocycles. The minimum absolute atomic E-state index is 0.0262. The molecule has 3 rings (SSSR count). The molecule has 126 valence electrons. The number of carboxylic acids is 1. The zero-order valence-corrected chi connectivity index (χ0v) is 14.7. The van der Waals surface area contributed by atoms with Gasteiger partial charge in [0.05, 0.1) is 15.7 Å². The van der Waals surface area contributed by atoms with Crippen LogP contribution < -0.4 is 9.47 Å². The second kappa shape index (κ2) is 7.46. The van der Waals surface area contributed by atoms with Crippen molar-refractivity contribution in [1.82, 2.24) is 0 Å². The number of rotatable bonds is 7. The maximum atomic E-state index is 12.4. The molecular formula is C16H13ClO5S2. The number of halogens is 1. The average molecular weight is 385 g/mol. The van der Waals surface area contributed by atoms with Crippen LogP contribution in [0.15, 0.2) is 29.6 Å². The zero-order chi connectivity index (χ0) is 17.1. The second-order valence-electron chi connectivity index (χ2n) is 5.03. The first-order valence-electron chi connectivity index (χ1n) is 7.03. The van der Waals surface area contributed by atoms with Gasteiger partial charge in [-0.25, -0.2) is 0 Å². The maximum Gasteiger partial charge on any atom is 0.313 e. The molecule has 1 aliphatic heterocycles. The van der Waals surface area contributed by atoms with Gasteiger partial charge in [-0.05, 0) is 29.1 Å². The Balaban J connectivity index is 1.85. The van der Waals surface area contributed by atoms with Crippen LogP contribution in [-0.2, 0) is 4.79 Å². The number of thioether (sulfide) groups is 1. The summed E-state index contributed by atoms with van der Waals surface area (Å²) in [4.78, 5) is 24.0. The Morgan fingerprint density at radius 3 is 2.92 bits per heavy atom. The van der Waals surface area contributed by atoms with Gasteiger partial charge in [-0.3, -0.25) is 9.59 Å². The lowest BCUT2D eigenvalue weighted by atomic mass is 10.1. The predicted octanol–water partition coefficient (Wildman–Crippen LogP) is 4.26. The third kappa shape index (κ3) is 3.85. The molecule has 0 unspecified atom stereocenters. The normalized spacial score (nSPS) is 13.7. The molecule has 8 heteroatoms. The standard InChI is InChI=1S/C16H13ClO5S2/c17-10-4-9(5-12-16(10)22-8-21-12)14(24-7-15(19)20)6-11(18)13-2-1-3-23-13/h1-5,14H,6-8H2,(H,19,20)/t14-/m1/s1. The molecule has 0 saturated carbocycles. The van der Waals surface area contributed by atoms with Crippen LogP contribution >= 0.6 is 34.7 Å². The Bertz CT molecular complexity index is 760.